The maximum Gasteiger partial charge on any atom is 0.327 e. The largest absolute Gasteiger partial charge is 0.493 e. The minimum Gasteiger partial charge on any atom is -0.493 e. The molecule has 3 N–H and O–H groups in total. The van der Waals surface area contributed by atoms with Crippen LogP contribution in [-0.4, -0.2) is 38.0 Å². The zero-order chi connectivity index (χ0) is 18.1. The molecule has 0 aliphatic carbocycles. The highest BCUT2D eigenvalue weighted by Gasteiger charge is 2.28. The molecule has 0 fully saturated rings. The molecule has 1 aliphatic heterocycles. The van der Waals surface area contributed by atoms with Crippen LogP contribution in [-0.2, 0) is 9.59 Å². The normalized spacial score (nSPS) is 15.3. The Morgan fingerprint density at radius 2 is 2.04 bits per heavy atom. The van der Waals surface area contributed by atoms with E-state index in [1.807, 2.05) is 24.3 Å². The number of hydrogen-bond donors (Lipinski definition) is 3. The van der Waals surface area contributed by atoms with E-state index in [2.05, 4.69) is 4.99 Å². The van der Waals surface area contributed by atoms with Crippen LogP contribution < -0.4 is 0 Å². The molecule has 0 amide bonds. The van der Waals surface area contributed by atoms with Crippen molar-refractivity contribution in [2.24, 2.45) is 4.99 Å². The molecule has 9 heteroatoms. The molecule has 1 aromatic heterocycles. The van der Waals surface area contributed by atoms with Crippen molar-refractivity contribution in [3.8, 4) is 5.88 Å². The highest BCUT2D eigenvalue weighted by atomic mass is 32.1. The number of thiazole rings is 1. The zero-order valence-electron chi connectivity index (χ0n) is 12.6. The summed E-state index contributed by atoms with van der Waals surface area (Å²) in [5.41, 5.74) is 2.43. The number of aromatic nitrogens is 1. The summed E-state index contributed by atoms with van der Waals surface area (Å²) in [5.74, 6) is -3.04. The molecule has 1 aromatic carbocycles. The lowest BCUT2D eigenvalue weighted by atomic mass is 10.1. The quantitative estimate of drug-likeness (QED) is 0.690. The van der Waals surface area contributed by atoms with E-state index >= 15 is 0 Å². The van der Waals surface area contributed by atoms with E-state index in [1.54, 1.807) is 12.3 Å². The van der Waals surface area contributed by atoms with E-state index in [4.69, 9.17) is 17.3 Å². The number of allylic oxidation sites excluding steroid dienone is 1. The topological polar surface area (TPSA) is 112 Å². The molecule has 2 aromatic rings. The van der Waals surface area contributed by atoms with Gasteiger partial charge in [-0.05, 0) is 24.4 Å². The van der Waals surface area contributed by atoms with E-state index in [9.17, 15) is 19.8 Å². The minimum atomic E-state index is -1.47. The standard InChI is InChI=1S/C16H12N2O5S2/c19-13(20)6-11(15(22)23)18-14(21)12(25-16(18)24)5-8-7-17-10-4-2-1-3-9(8)10/h1-5,7,11,21H,6H2,(H,19,20)(H,22,23). The third-order valence-electron chi connectivity index (χ3n) is 3.65. The number of hydrogen-bond acceptors (Lipinski definition) is 6. The maximum absolute atomic E-state index is 11.4. The molecule has 2 heterocycles. The third-order valence-corrected chi connectivity index (χ3v) is 4.99. The third kappa shape index (κ3) is 3.24. The van der Waals surface area contributed by atoms with Gasteiger partial charge < -0.3 is 15.3 Å². The van der Waals surface area contributed by atoms with Crippen LogP contribution in [0, 0.1) is 3.95 Å². The van der Waals surface area contributed by atoms with Crippen LogP contribution in [0.1, 0.15) is 22.9 Å². The molecule has 1 aliphatic rings. The monoisotopic (exact) mass is 376 g/mol. The predicted molar refractivity (Wildman–Crippen MR) is 96.2 cm³/mol. The molecule has 0 radical (unpaired) electrons. The fourth-order valence-corrected chi connectivity index (χ4v) is 3.87. The van der Waals surface area contributed by atoms with Gasteiger partial charge in [-0.15, -0.1) is 11.3 Å². The number of benzene rings is 1. The molecule has 1 atom stereocenters. The Hall–Kier alpha value is -2.78. The number of rotatable bonds is 5. The Morgan fingerprint density at radius 3 is 2.72 bits per heavy atom. The fourth-order valence-electron chi connectivity index (χ4n) is 2.51. The molecule has 0 saturated carbocycles. The zero-order valence-corrected chi connectivity index (χ0v) is 14.3. The summed E-state index contributed by atoms with van der Waals surface area (Å²) in [6, 6.07) is 5.99. The number of carboxylic acids is 2. The van der Waals surface area contributed by atoms with Crippen molar-refractivity contribution in [2.45, 2.75) is 12.5 Å². The van der Waals surface area contributed by atoms with Crippen LogP contribution in [0.3, 0.4) is 0 Å². The van der Waals surface area contributed by atoms with Gasteiger partial charge in [0.05, 0.1) is 17.0 Å². The lowest BCUT2D eigenvalue weighted by Gasteiger charge is -2.12. The van der Waals surface area contributed by atoms with Crippen molar-refractivity contribution < 1.29 is 24.9 Å². The Kier molecular flexibility index (Phi) is 4.51. The first-order valence-electron chi connectivity index (χ1n) is 7.12. The molecule has 7 nitrogen and oxygen atoms in total. The second kappa shape index (κ2) is 6.61. The highest BCUT2D eigenvalue weighted by molar-refractivity contribution is 7.73. The van der Waals surface area contributed by atoms with Crippen molar-refractivity contribution in [1.82, 2.24) is 4.57 Å². The van der Waals surface area contributed by atoms with E-state index < -0.39 is 24.4 Å². The Balaban J connectivity index is 2.05. The summed E-state index contributed by atoms with van der Waals surface area (Å²) in [7, 11) is 0. The average Bonchev–Trinajstić information content (AvgIpc) is 3.07. The number of aliphatic carboxylic acids is 2. The number of carboxylic acid groups (broad SMARTS) is 2. The van der Waals surface area contributed by atoms with Crippen molar-refractivity contribution in [3.05, 3.63) is 38.7 Å². The number of fused-ring (bicyclic) bond motifs is 1. The maximum atomic E-state index is 11.4. The molecule has 0 saturated heterocycles. The first kappa shape index (κ1) is 17.1. The SMILES string of the molecule is O=C(O)CC(C(=O)O)n1c(O)c(C=C2C=Nc3ccccc32)sc1=S. The molecule has 1 unspecified atom stereocenters. The van der Waals surface area contributed by atoms with Gasteiger partial charge in [0, 0.05) is 17.4 Å². The second-order valence-electron chi connectivity index (χ2n) is 5.25. The van der Waals surface area contributed by atoms with Crippen molar-refractivity contribution in [3.63, 3.8) is 0 Å². The minimum absolute atomic E-state index is 0.0845. The van der Waals surface area contributed by atoms with Crippen molar-refractivity contribution in [1.29, 1.82) is 0 Å². The van der Waals surface area contributed by atoms with Gasteiger partial charge in [-0.3, -0.25) is 14.4 Å². The van der Waals surface area contributed by atoms with Gasteiger partial charge in [0.2, 0.25) is 5.88 Å². The number of aliphatic imine (C=N–C) groups is 1. The summed E-state index contributed by atoms with van der Waals surface area (Å²) in [5, 5.41) is 28.6. The van der Waals surface area contributed by atoms with E-state index in [-0.39, 0.29) is 9.83 Å². The molecule has 25 heavy (non-hydrogen) atoms. The van der Waals surface area contributed by atoms with Gasteiger partial charge in [-0.1, -0.05) is 18.2 Å². The van der Waals surface area contributed by atoms with Crippen LogP contribution >= 0.6 is 23.6 Å². The molecular formula is C16H12N2O5S2. The van der Waals surface area contributed by atoms with E-state index in [1.165, 1.54) is 0 Å². The Bertz CT molecular complexity index is 987. The Labute approximate surface area is 150 Å². The van der Waals surface area contributed by atoms with Crippen molar-refractivity contribution in [2.75, 3.05) is 0 Å². The highest BCUT2D eigenvalue weighted by Crippen LogP contribution is 2.37. The van der Waals surface area contributed by atoms with Crippen LogP contribution in [0.15, 0.2) is 29.3 Å². The molecular weight excluding hydrogens is 364 g/mol. The lowest BCUT2D eigenvalue weighted by Crippen LogP contribution is -2.22. The van der Waals surface area contributed by atoms with Gasteiger partial charge >= 0.3 is 11.9 Å². The molecule has 0 spiro atoms. The van der Waals surface area contributed by atoms with Gasteiger partial charge in [0.15, 0.2) is 3.95 Å². The summed E-state index contributed by atoms with van der Waals surface area (Å²) < 4.78 is 1.04. The van der Waals surface area contributed by atoms with Crippen LogP contribution in [0.5, 0.6) is 5.88 Å². The molecule has 128 valence electrons. The van der Waals surface area contributed by atoms with Gasteiger partial charge in [-0.25, -0.2) is 4.79 Å². The van der Waals surface area contributed by atoms with E-state index in [0.717, 1.165) is 32.7 Å². The van der Waals surface area contributed by atoms with Gasteiger partial charge in [0.1, 0.15) is 6.04 Å². The molecule has 3 rings (SSSR count). The van der Waals surface area contributed by atoms with Crippen LogP contribution in [0.4, 0.5) is 5.69 Å². The second-order valence-corrected chi connectivity index (χ2v) is 6.93. The number of para-hydroxylation sites is 1. The first-order chi connectivity index (χ1) is 11.9. The van der Waals surface area contributed by atoms with Crippen LogP contribution in [0.2, 0.25) is 0 Å². The molecule has 0 bridgehead atoms. The van der Waals surface area contributed by atoms with Crippen molar-refractivity contribution >= 4 is 59.0 Å². The van der Waals surface area contributed by atoms with Crippen LogP contribution in [0.25, 0.3) is 11.6 Å². The Morgan fingerprint density at radius 1 is 1.32 bits per heavy atom. The van der Waals surface area contributed by atoms with Gasteiger partial charge in [-0.2, -0.15) is 0 Å². The lowest BCUT2D eigenvalue weighted by molar-refractivity contribution is -0.147. The average molecular weight is 376 g/mol. The smallest absolute Gasteiger partial charge is 0.327 e. The summed E-state index contributed by atoms with van der Waals surface area (Å²) in [6.07, 6.45) is 2.61. The predicted octanol–water partition coefficient (Wildman–Crippen LogP) is 3.34. The van der Waals surface area contributed by atoms with Gasteiger partial charge in [0.25, 0.3) is 0 Å². The fraction of sp³-hybridized carbons (Fsp3) is 0.125. The number of nitrogens with zero attached hydrogens (tertiary/aromatic N) is 2. The number of aromatic hydroxyl groups is 1. The summed E-state index contributed by atoms with van der Waals surface area (Å²) in [6.45, 7) is 0. The number of carbonyl (C=O) groups is 2. The summed E-state index contributed by atoms with van der Waals surface area (Å²) in [4.78, 5) is 26.9. The first-order valence-corrected chi connectivity index (χ1v) is 8.35. The van der Waals surface area contributed by atoms with E-state index in [0.29, 0.717) is 4.88 Å². The summed E-state index contributed by atoms with van der Waals surface area (Å²) >= 11 is 6.14.